The highest BCUT2D eigenvalue weighted by Gasteiger charge is 2.26. The summed E-state index contributed by atoms with van der Waals surface area (Å²) >= 11 is 5.90. The first-order valence-corrected chi connectivity index (χ1v) is 9.08. The highest BCUT2D eigenvalue weighted by molar-refractivity contribution is 6.30. The molecule has 0 bridgehead atoms. The van der Waals surface area contributed by atoms with Crippen LogP contribution < -0.4 is 5.32 Å². The number of hydrogen-bond donors (Lipinski definition) is 1. The fourth-order valence-electron chi connectivity index (χ4n) is 2.73. The summed E-state index contributed by atoms with van der Waals surface area (Å²) in [5.41, 5.74) is 1.98. The Morgan fingerprint density at radius 3 is 2.31 bits per heavy atom. The zero-order chi connectivity index (χ0) is 18.9. The lowest BCUT2D eigenvalue weighted by atomic mass is 9.88. The predicted octanol–water partition coefficient (Wildman–Crippen LogP) is 3.98. The van der Waals surface area contributed by atoms with Crippen molar-refractivity contribution in [1.82, 2.24) is 5.32 Å². The second-order valence-corrected chi connectivity index (χ2v) is 6.90. The number of ether oxygens (including phenoxy) is 1. The van der Waals surface area contributed by atoms with E-state index in [4.69, 9.17) is 16.3 Å². The van der Waals surface area contributed by atoms with Crippen molar-refractivity contribution in [3.8, 4) is 0 Å². The summed E-state index contributed by atoms with van der Waals surface area (Å²) in [5, 5.41) is 3.38. The average Bonchev–Trinajstić information content (AvgIpc) is 2.62. The molecule has 138 valence electrons. The Hall–Kier alpha value is -2.33. The minimum absolute atomic E-state index is 0.0461. The van der Waals surface area contributed by atoms with E-state index in [1.54, 1.807) is 12.1 Å². The van der Waals surface area contributed by atoms with Gasteiger partial charge in [0.1, 0.15) is 0 Å². The van der Waals surface area contributed by atoms with Crippen LogP contribution in [0.25, 0.3) is 0 Å². The van der Waals surface area contributed by atoms with Crippen molar-refractivity contribution in [1.29, 1.82) is 0 Å². The van der Waals surface area contributed by atoms with Crippen LogP contribution in [0.1, 0.15) is 30.9 Å². The van der Waals surface area contributed by atoms with Gasteiger partial charge in [-0.1, -0.05) is 67.9 Å². The van der Waals surface area contributed by atoms with Gasteiger partial charge in [-0.25, -0.2) is 0 Å². The van der Waals surface area contributed by atoms with Crippen molar-refractivity contribution in [2.45, 2.75) is 26.2 Å². The van der Waals surface area contributed by atoms with Crippen LogP contribution in [0.5, 0.6) is 0 Å². The van der Waals surface area contributed by atoms with Gasteiger partial charge in [0.25, 0.3) is 5.91 Å². The Bertz CT molecular complexity index is 714. The summed E-state index contributed by atoms with van der Waals surface area (Å²) < 4.78 is 5.23. The molecular weight excluding hydrogens is 350 g/mol. The second kappa shape index (κ2) is 9.97. The fraction of sp³-hybridized carbons (Fsp3) is 0.333. The van der Waals surface area contributed by atoms with Crippen LogP contribution in [0.3, 0.4) is 0 Å². The van der Waals surface area contributed by atoms with Gasteiger partial charge in [-0.3, -0.25) is 9.59 Å². The number of hydrogen-bond acceptors (Lipinski definition) is 3. The highest BCUT2D eigenvalue weighted by atomic mass is 35.5. The molecule has 26 heavy (non-hydrogen) atoms. The van der Waals surface area contributed by atoms with Crippen molar-refractivity contribution >= 4 is 23.5 Å². The smallest absolute Gasteiger partial charge is 0.314 e. The number of esters is 1. The number of rotatable bonds is 8. The molecule has 0 radical (unpaired) electrons. The summed E-state index contributed by atoms with van der Waals surface area (Å²) in [5.74, 6) is -1.08. The number of carbonyl (C=O) groups excluding carboxylic acids is 2. The molecular formula is C21H24ClNO3. The molecule has 2 aromatic carbocycles. The van der Waals surface area contributed by atoms with Gasteiger partial charge >= 0.3 is 5.97 Å². The maximum Gasteiger partial charge on any atom is 0.314 e. The van der Waals surface area contributed by atoms with Crippen LogP contribution in [0.15, 0.2) is 54.6 Å². The lowest BCUT2D eigenvalue weighted by molar-refractivity contribution is -0.151. The molecule has 0 saturated carbocycles. The molecule has 0 aliphatic carbocycles. The third-order valence-electron chi connectivity index (χ3n) is 4.07. The number of amides is 1. The van der Waals surface area contributed by atoms with Crippen LogP contribution in [-0.2, 0) is 20.7 Å². The molecule has 5 heteroatoms. The van der Waals surface area contributed by atoms with Gasteiger partial charge in [0, 0.05) is 11.6 Å². The molecule has 0 aliphatic heterocycles. The van der Waals surface area contributed by atoms with E-state index >= 15 is 0 Å². The van der Waals surface area contributed by atoms with E-state index in [0.29, 0.717) is 11.6 Å². The zero-order valence-electron chi connectivity index (χ0n) is 15.1. The van der Waals surface area contributed by atoms with Gasteiger partial charge in [-0.05, 0) is 35.6 Å². The molecule has 0 aromatic heterocycles. The first kappa shape index (κ1) is 20.0. The van der Waals surface area contributed by atoms with Crippen LogP contribution in [0.4, 0.5) is 0 Å². The maximum absolute atomic E-state index is 12.4. The standard InChI is InChI=1S/C21H24ClNO3/c1-15(2)20(17-8-10-18(22)11-9-17)21(25)26-14-19(24)23-13-12-16-6-4-3-5-7-16/h3-11,15,20H,12-14H2,1-2H3,(H,23,24)/t20-/m1/s1. The lowest BCUT2D eigenvalue weighted by Gasteiger charge is -2.19. The van der Waals surface area contributed by atoms with Gasteiger partial charge < -0.3 is 10.1 Å². The van der Waals surface area contributed by atoms with E-state index in [1.165, 1.54) is 0 Å². The normalized spacial score (nSPS) is 11.8. The first-order valence-electron chi connectivity index (χ1n) is 8.70. The summed E-state index contributed by atoms with van der Waals surface area (Å²) in [6, 6.07) is 17.0. The Kier molecular flexibility index (Phi) is 7.67. The molecule has 0 spiro atoms. The summed E-state index contributed by atoms with van der Waals surface area (Å²) in [4.78, 5) is 24.3. The van der Waals surface area contributed by atoms with Gasteiger partial charge in [0.2, 0.25) is 0 Å². The van der Waals surface area contributed by atoms with E-state index in [2.05, 4.69) is 5.32 Å². The lowest BCUT2D eigenvalue weighted by Crippen LogP contribution is -2.32. The molecule has 2 aromatic rings. The van der Waals surface area contributed by atoms with E-state index < -0.39 is 11.9 Å². The second-order valence-electron chi connectivity index (χ2n) is 6.47. The van der Waals surface area contributed by atoms with Crippen LogP contribution in [-0.4, -0.2) is 25.0 Å². The number of carbonyl (C=O) groups is 2. The monoisotopic (exact) mass is 373 g/mol. The van der Waals surface area contributed by atoms with Crippen molar-refractivity contribution in [2.24, 2.45) is 5.92 Å². The van der Waals surface area contributed by atoms with E-state index in [-0.39, 0.29) is 18.4 Å². The average molecular weight is 374 g/mol. The molecule has 1 atom stereocenters. The van der Waals surface area contributed by atoms with Crippen molar-refractivity contribution < 1.29 is 14.3 Å². The maximum atomic E-state index is 12.4. The first-order chi connectivity index (χ1) is 12.5. The van der Waals surface area contributed by atoms with E-state index in [9.17, 15) is 9.59 Å². The molecule has 0 heterocycles. The third-order valence-corrected chi connectivity index (χ3v) is 4.33. The minimum Gasteiger partial charge on any atom is -0.455 e. The van der Waals surface area contributed by atoms with Crippen LogP contribution in [0, 0.1) is 5.92 Å². The molecule has 1 amide bonds. The summed E-state index contributed by atoms with van der Waals surface area (Å²) in [6.45, 7) is 4.12. The minimum atomic E-state index is -0.426. The number of nitrogens with one attached hydrogen (secondary N) is 1. The Labute approximate surface area is 159 Å². The van der Waals surface area contributed by atoms with Gasteiger partial charge in [-0.15, -0.1) is 0 Å². The SMILES string of the molecule is CC(C)[C@@H](C(=O)OCC(=O)NCCc1ccccc1)c1ccc(Cl)cc1. The van der Waals surface area contributed by atoms with Gasteiger partial charge in [0.05, 0.1) is 5.92 Å². The van der Waals surface area contributed by atoms with Crippen molar-refractivity contribution in [3.63, 3.8) is 0 Å². The molecule has 0 unspecified atom stereocenters. The van der Waals surface area contributed by atoms with Crippen molar-refractivity contribution in [2.75, 3.05) is 13.2 Å². The largest absolute Gasteiger partial charge is 0.455 e. The fourth-order valence-corrected chi connectivity index (χ4v) is 2.86. The summed E-state index contributed by atoms with van der Waals surface area (Å²) in [7, 11) is 0. The molecule has 2 rings (SSSR count). The van der Waals surface area contributed by atoms with E-state index in [1.807, 2.05) is 56.3 Å². The third kappa shape index (κ3) is 6.19. The molecule has 0 aliphatic rings. The predicted molar refractivity (Wildman–Crippen MR) is 103 cm³/mol. The molecule has 4 nitrogen and oxygen atoms in total. The number of halogens is 1. The topological polar surface area (TPSA) is 55.4 Å². The molecule has 0 fully saturated rings. The van der Waals surface area contributed by atoms with Gasteiger partial charge in [-0.2, -0.15) is 0 Å². The quantitative estimate of drug-likeness (QED) is 0.712. The van der Waals surface area contributed by atoms with Crippen LogP contribution >= 0.6 is 11.6 Å². The van der Waals surface area contributed by atoms with E-state index in [0.717, 1.165) is 17.5 Å². The number of benzene rings is 2. The molecule has 0 saturated heterocycles. The Morgan fingerprint density at radius 2 is 1.69 bits per heavy atom. The Balaban J connectivity index is 1.81. The van der Waals surface area contributed by atoms with Gasteiger partial charge in [0.15, 0.2) is 6.61 Å². The zero-order valence-corrected chi connectivity index (χ0v) is 15.8. The summed E-state index contributed by atoms with van der Waals surface area (Å²) in [6.07, 6.45) is 0.736. The van der Waals surface area contributed by atoms with Crippen molar-refractivity contribution in [3.05, 3.63) is 70.7 Å². The van der Waals surface area contributed by atoms with Crippen LogP contribution in [0.2, 0.25) is 5.02 Å². The Morgan fingerprint density at radius 1 is 1.04 bits per heavy atom. The highest BCUT2D eigenvalue weighted by Crippen LogP contribution is 2.27. The molecule has 1 N–H and O–H groups in total.